The summed E-state index contributed by atoms with van der Waals surface area (Å²) in [5.74, 6) is 1.04. The average Bonchev–Trinajstić information content (AvgIpc) is 2.60. The number of rotatable bonds is 8. The van der Waals surface area contributed by atoms with Crippen LogP contribution in [0.5, 0.6) is 11.5 Å². The normalized spacial score (nSPS) is 12.0. The van der Waals surface area contributed by atoms with Crippen molar-refractivity contribution in [2.24, 2.45) is 0 Å². The Balaban J connectivity index is 2.01. The molecule has 4 nitrogen and oxygen atoms in total. The molecule has 0 saturated heterocycles. The fourth-order valence-corrected chi connectivity index (χ4v) is 2.36. The highest BCUT2D eigenvalue weighted by Gasteiger charge is 2.09. The zero-order valence-corrected chi connectivity index (χ0v) is 14.3. The average molecular weight is 333 g/mol. The number of hydrogen-bond acceptors (Lipinski definition) is 4. The lowest BCUT2D eigenvalue weighted by Crippen LogP contribution is -2.18. The molecule has 2 rings (SSSR count). The Morgan fingerprint density at radius 2 is 1.96 bits per heavy atom. The summed E-state index contributed by atoms with van der Waals surface area (Å²) in [7, 11) is 1.58. The highest BCUT2D eigenvalue weighted by Crippen LogP contribution is 2.28. The van der Waals surface area contributed by atoms with Crippen LogP contribution in [0, 0.1) is 12.7 Å². The van der Waals surface area contributed by atoms with Crippen LogP contribution < -0.4 is 14.8 Å². The molecule has 0 radical (unpaired) electrons. The van der Waals surface area contributed by atoms with Gasteiger partial charge in [0.05, 0.1) is 13.7 Å². The van der Waals surface area contributed by atoms with E-state index in [9.17, 15) is 4.39 Å². The standard InChI is InChI=1S/C19H24FNO3/c1-13-4-6-16(11-17(13)20)14(2)21-12-15-5-7-18(24-9-8-22)19(10-15)23-3/h4-7,10-11,14,21-22H,8-9,12H2,1-3H3. The van der Waals surface area contributed by atoms with Crippen LogP contribution in [0.1, 0.15) is 29.7 Å². The third-order valence-electron chi connectivity index (χ3n) is 3.89. The molecule has 2 aromatic carbocycles. The zero-order valence-electron chi connectivity index (χ0n) is 14.3. The van der Waals surface area contributed by atoms with Crippen LogP contribution in [0.3, 0.4) is 0 Å². The summed E-state index contributed by atoms with van der Waals surface area (Å²) < 4.78 is 24.4. The Labute approximate surface area is 142 Å². The first-order valence-electron chi connectivity index (χ1n) is 7.95. The van der Waals surface area contributed by atoms with Gasteiger partial charge in [0, 0.05) is 12.6 Å². The lowest BCUT2D eigenvalue weighted by atomic mass is 10.1. The molecule has 0 spiro atoms. The van der Waals surface area contributed by atoms with Crippen molar-refractivity contribution in [3.8, 4) is 11.5 Å². The third kappa shape index (κ3) is 4.69. The smallest absolute Gasteiger partial charge is 0.161 e. The third-order valence-corrected chi connectivity index (χ3v) is 3.89. The molecule has 0 aromatic heterocycles. The van der Waals surface area contributed by atoms with Crippen LogP contribution in [-0.2, 0) is 6.54 Å². The van der Waals surface area contributed by atoms with Crippen molar-refractivity contribution >= 4 is 0 Å². The maximum atomic E-state index is 13.7. The highest BCUT2D eigenvalue weighted by molar-refractivity contribution is 5.43. The van der Waals surface area contributed by atoms with E-state index in [2.05, 4.69) is 5.32 Å². The molecule has 24 heavy (non-hydrogen) atoms. The number of aryl methyl sites for hydroxylation is 1. The van der Waals surface area contributed by atoms with Crippen molar-refractivity contribution in [2.75, 3.05) is 20.3 Å². The van der Waals surface area contributed by atoms with Crippen molar-refractivity contribution in [1.82, 2.24) is 5.32 Å². The van der Waals surface area contributed by atoms with Crippen LogP contribution >= 0.6 is 0 Å². The topological polar surface area (TPSA) is 50.7 Å². The molecule has 2 N–H and O–H groups in total. The number of methoxy groups -OCH3 is 1. The van der Waals surface area contributed by atoms with Crippen LogP contribution in [0.25, 0.3) is 0 Å². The molecule has 2 aromatic rings. The molecule has 0 aliphatic carbocycles. The van der Waals surface area contributed by atoms with Gasteiger partial charge in [-0.3, -0.25) is 0 Å². The fraction of sp³-hybridized carbons (Fsp3) is 0.368. The van der Waals surface area contributed by atoms with E-state index in [4.69, 9.17) is 14.6 Å². The minimum atomic E-state index is -0.187. The number of aliphatic hydroxyl groups excluding tert-OH is 1. The summed E-state index contributed by atoms with van der Waals surface area (Å²) in [4.78, 5) is 0. The highest BCUT2D eigenvalue weighted by atomic mass is 19.1. The van der Waals surface area contributed by atoms with E-state index in [1.165, 1.54) is 0 Å². The predicted octanol–water partition coefficient (Wildman–Crippen LogP) is 3.36. The monoisotopic (exact) mass is 333 g/mol. The second kappa shape index (κ2) is 8.66. The van der Waals surface area contributed by atoms with Gasteiger partial charge in [0.15, 0.2) is 11.5 Å². The summed E-state index contributed by atoms with van der Waals surface area (Å²) in [5.41, 5.74) is 2.59. The number of benzene rings is 2. The van der Waals surface area contributed by atoms with Crippen molar-refractivity contribution in [3.63, 3.8) is 0 Å². The molecule has 1 atom stereocenters. The molecule has 0 fully saturated rings. The van der Waals surface area contributed by atoms with Crippen LogP contribution in [-0.4, -0.2) is 25.4 Å². The van der Waals surface area contributed by atoms with Crippen LogP contribution in [0.2, 0.25) is 0 Å². The van der Waals surface area contributed by atoms with Crippen LogP contribution in [0.15, 0.2) is 36.4 Å². The molecule has 0 amide bonds. The minimum Gasteiger partial charge on any atom is -0.493 e. The SMILES string of the molecule is COc1cc(CNC(C)c2ccc(C)c(F)c2)ccc1OCCO. The summed E-state index contributed by atoms with van der Waals surface area (Å²) in [6, 6.07) is 11.0. The Morgan fingerprint density at radius 1 is 1.17 bits per heavy atom. The first-order chi connectivity index (χ1) is 11.5. The summed E-state index contributed by atoms with van der Waals surface area (Å²) in [5, 5.41) is 12.2. The van der Waals surface area contributed by atoms with Gasteiger partial charge >= 0.3 is 0 Å². The van der Waals surface area contributed by atoms with Crippen molar-refractivity contribution in [1.29, 1.82) is 0 Å². The number of nitrogens with one attached hydrogen (secondary N) is 1. The van der Waals surface area contributed by atoms with E-state index in [1.54, 1.807) is 26.2 Å². The van der Waals surface area contributed by atoms with Crippen molar-refractivity contribution in [2.45, 2.75) is 26.4 Å². The van der Waals surface area contributed by atoms with Gasteiger partial charge in [-0.15, -0.1) is 0 Å². The van der Waals surface area contributed by atoms with E-state index < -0.39 is 0 Å². The molecule has 0 aliphatic rings. The first kappa shape index (κ1) is 18.2. The van der Waals surface area contributed by atoms with E-state index in [1.807, 2.05) is 31.2 Å². The minimum absolute atomic E-state index is 0.0245. The largest absolute Gasteiger partial charge is 0.493 e. The van der Waals surface area contributed by atoms with Gasteiger partial charge in [0.1, 0.15) is 12.4 Å². The second-order valence-electron chi connectivity index (χ2n) is 5.67. The fourth-order valence-electron chi connectivity index (χ4n) is 2.36. The van der Waals surface area contributed by atoms with Gasteiger partial charge < -0.3 is 19.9 Å². The molecule has 5 heteroatoms. The maximum Gasteiger partial charge on any atom is 0.161 e. The molecule has 0 saturated carbocycles. The van der Waals surface area contributed by atoms with Gasteiger partial charge in [-0.25, -0.2) is 4.39 Å². The zero-order chi connectivity index (χ0) is 17.5. The Hall–Kier alpha value is -2.11. The van der Waals surface area contributed by atoms with Gasteiger partial charge in [0.25, 0.3) is 0 Å². The maximum absolute atomic E-state index is 13.7. The second-order valence-corrected chi connectivity index (χ2v) is 5.67. The molecular formula is C19H24FNO3. The molecule has 1 unspecified atom stereocenters. The number of hydrogen-bond donors (Lipinski definition) is 2. The molecule has 0 aliphatic heterocycles. The van der Waals surface area contributed by atoms with Gasteiger partial charge in [-0.2, -0.15) is 0 Å². The van der Waals surface area contributed by atoms with Crippen molar-refractivity contribution in [3.05, 3.63) is 58.9 Å². The number of halogens is 1. The Kier molecular flexibility index (Phi) is 6.58. The summed E-state index contributed by atoms with van der Waals surface area (Å²) >= 11 is 0. The molecule has 0 bridgehead atoms. The van der Waals surface area contributed by atoms with Gasteiger partial charge in [-0.1, -0.05) is 18.2 Å². The first-order valence-corrected chi connectivity index (χ1v) is 7.95. The van der Waals surface area contributed by atoms with E-state index in [-0.39, 0.29) is 25.1 Å². The Morgan fingerprint density at radius 3 is 2.62 bits per heavy atom. The summed E-state index contributed by atoms with van der Waals surface area (Å²) in [6.45, 7) is 4.55. The van der Waals surface area contributed by atoms with E-state index in [0.29, 0.717) is 23.6 Å². The summed E-state index contributed by atoms with van der Waals surface area (Å²) in [6.07, 6.45) is 0. The van der Waals surface area contributed by atoms with E-state index >= 15 is 0 Å². The van der Waals surface area contributed by atoms with E-state index in [0.717, 1.165) is 11.1 Å². The quantitative estimate of drug-likeness (QED) is 0.778. The Bertz CT molecular complexity index is 676. The lowest BCUT2D eigenvalue weighted by Gasteiger charge is -2.16. The van der Waals surface area contributed by atoms with Crippen LogP contribution in [0.4, 0.5) is 4.39 Å². The van der Waals surface area contributed by atoms with Crippen molar-refractivity contribution < 1.29 is 19.0 Å². The molecule has 0 heterocycles. The van der Waals surface area contributed by atoms with Gasteiger partial charge in [0.2, 0.25) is 0 Å². The van der Waals surface area contributed by atoms with Gasteiger partial charge in [-0.05, 0) is 48.7 Å². The number of ether oxygens (including phenoxy) is 2. The molecule has 130 valence electrons. The lowest BCUT2D eigenvalue weighted by molar-refractivity contribution is 0.196. The predicted molar refractivity (Wildman–Crippen MR) is 92.0 cm³/mol. The number of aliphatic hydroxyl groups is 1. The molecular weight excluding hydrogens is 309 g/mol.